The Morgan fingerprint density at radius 1 is 0.500 bits per heavy atom. The van der Waals surface area contributed by atoms with Gasteiger partial charge in [0.2, 0.25) is 11.8 Å². The summed E-state index contributed by atoms with van der Waals surface area (Å²) in [6.07, 6.45) is 62.3. The molecule has 2 amide bonds. The van der Waals surface area contributed by atoms with Gasteiger partial charge in [0.05, 0.1) is 0 Å². The Hall–Kier alpha value is -4.18. The van der Waals surface area contributed by atoms with Crippen molar-refractivity contribution in [3.63, 3.8) is 0 Å². The Kier molecular flexibility index (Phi) is 32.6. The van der Waals surface area contributed by atoms with Gasteiger partial charge in [0.15, 0.2) is 0 Å². The first-order valence-corrected chi connectivity index (χ1v) is 18.1. The predicted molar refractivity (Wildman–Crippen MR) is 211 cm³/mol. The molecule has 0 aromatic carbocycles. The van der Waals surface area contributed by atoms with E-state index in [1.807, 2.05) is 122 Å². The summed E-state index contributed by atoms with van der Waals surface area (Å²) in [5.74, 6) is -0.776. The summed E-state index contributed by atoms with van der Waals surface area (Å²) < 4.78 is 0. The van der Waals surface area contributed by atoms with E-state index in [0.717, 1.165) is 12.8 Å². The highest BCUT2D eigenvalue weighted by Gasteiger charge is 2.12. The largest absolute Gasteiger partial charge is 0.369 e. The Labute approximate surface area is 293 Å². The predicted octanol–water partition coefficient (Wildman–Crippen LogP) is 11.5. The number of carbonyl (C=O) groups is 2. The summed E-state index contributed by atoms with van der Waals surface area (Å²) in [6.45, 7) is 4.24. The molecule has 4 N–H and O–H groups in total. The second-order valence-electron chi connectivity index (χ2n) is 11.7. The lowest BCUT2D eigenvalue weighted by Gasteiger charge is -2.10. The minimum Gasteiger partial charge on any atom is -0.369 e. The van der Waals surface area contributed by atoms with Gasteiger partial charge < -0.3 is 11.5 Å². The Bertz CT molecular complexity index is 1180. The fraction of sp³-hybridized carbons (Fsp3) is 0.409. The van der Waals surface area contributed by atoms with Gasteiger partial charge >= 0.3 is 0 Å². The monoisotopic (exact) mass is 652 g/mol. The van der Waals surface area contributed by atoms with Crippen LogP contribution in [0.5, 0.6) is 0 Å². The van der Waals surface area contributed by atoms with Crippen LogP contribution in [0.1, 0.15) is 110 Å². The molecule has 0 bridgehead atoms. The molecular formula is C44H64N2O2. The van der Waals surface area contributed by atoms with Crippen LogP contribution in [0.2, 0.25) is 0 Å². The maximum absolute atomic E-state index is 11.9. The van der Waals surface area contributed by atoms with Crippen molar-refractivity contribution in [2.75, 3.05) is 0 Å². The van der Waals surface area contributed by atoms with Crippen LogP contribution < -0.4 is 11.5 Å². The second-order valence-corrected chi connectivity index (χ2v) is 11.7. The first-order valence-electron chi connectivity index (χ1n) is 18.1. The van der Waals surface area contributed by atoms with Gasteiger partial charge in [0.25, 0.3) is 0 Å². The van der Waals surface area contributed by atoms with Crippen molar-refractivity contribution in [2.24, 2.45) is 17.4 Å². The molecule has 48 heavy (non-hydrogen) atoms. The van der Waals surface area contributed by atoms with E-state index in [1.165, 1.54) is 77.0 Å². The van der Waals surface area contributed by atoms with Gasteiger partial charge in [-0.25, -0.2) is 0 Å². The standard InChI is InChI=1S/C44H64N2O2/c1-3-5-7-9-11-13-15-16-18-22-26-30-34-38-42(44(46)48)40-36-32-28-24-20-19-23-27-31-35-39-41(43(45)47)37-33-29-25-21-17-14-12-10-8-6-4-2/h4,6,8,10,12,14,17,19-21,23-25,27-29,31-33,35-37,39,42H,3,5,7,9,11,13,15-16,18,22,26,30,34,38,40H2,1-2H3,(H2,45,47)(H2,46,48). The molecule has 0 saturated heterocycles. The fourth-order valence-corrected chi connectivity index (χ4v) is 4.72. The molecular weight excluding hydrogens is 588 g/mol. The fourth-order valence-electron chi connectivity index (χ4n) is 4.72. The Balaban J connectivity index is 4.27. The molecule has 4 nitrogen and oxygen atoms in total. The summed E-state index contributed by atoms with van der Waals surface area (Å²) in [7, 11) is 0. The number of rotatable bonds is 29. The van der Waals surface area contributed by atoms with Gasteiger partial charge in [-0.2, -0.15) is 0 Å². The molecule has 1 unspecified atom stereocenters. The first kappa shape index (κ1) is 43.8. The van der Waals surface area contributed by atoms with E-state index in [1.54, 1.807) is 24.3 Å². The van der Waals surface area contributed by atoms with Gasteiger partial charge in [-0.05, 0) is 31.9 Å². The smallest absolute Gasteiger partial charge is 0.248 e. The summed E-state index contributed by atoms with van der Waals surface area (Å²) in [5.41, 5.74) is 11.5. The molecule has 0 radical (unpaired) electrons. The molecule has 0 aliphatic heterocycles. The van der Waals surface area contributed by atoms with Crippen molar-refractivity contribution in [1.29, 1.82) is 0 Å². The Morgan fingerprint density at radius 2 is 0.896 bits per heavy atom. The topological polar surface area (TPSA) is 86.2 Å². The third-order valence-electron chi connectivity index (χ3n) is 7.53. The molecule has 0 rings (SSSR count). The highest BCUT2D eigenvalue weighted by atomic mass is 16.1. The van der Waals surface area contributed by atoms with Gasteiger partial charge in [-0.1, -0.05) is 218 Å². The van der Waals surface area contributed by atoms with E-state index in [0.29, 0.717) is 12.0 Å². The third-order valence-corrected chi connectivity index (χ3v) is 7.53. The lowest BCUT2D eigenvalue weighted by molar-refractivity contribution is -0.122. The van der Waals surface area contributed by atoms with Crippen LogP contribution in [-0.4, -0.2) is 11.8 Å². The second kappa shape index (κ2) is 35.7. The molecule has 0 saturated carbocycles. The van der Waals surface area contributed by atoms with E-state index in [9.17, 15) is 9.59 Å². The zero-order chi connectivity index (χ0) is 35.2. The van der Waals surface area contributed by atoms with E-state index in [2.05, 4.69) is 6.92 Å². The van der Waals surface area contributed by atoms with E-state index < -0.39 is 5.91 Å². The summed E-state index contributed by atoms with van der Waals surface area (Å²) in [5, 5.41) is 0. The van der Waals surface area contributed by atoms with Crippen LogP contribution in [0, 0.1) is 5.92 Å². The van der Waals surface area contributed by atoms with Gasteiger partial charge in [-0.3, -0.25) is 9.59 Å². The molecule has 0 aliphatic rings. The SMILES string of the molecule is CC=CC=CC=CC=CC=CC=CC(=CC=CC=CC=CC=CC=CCC(CCCCCCCCCCCCCCC)C(N)=O)C(N)=O. The lowest BCUT2D eigenvalue weighted by Crippen LogP contribution is -2.22. The number of unbranched alkanes of at least 4 members (excludes halogenated alkanes) is 12. The van der Waals surface area contributed by atoms with Crippen molar-refractivity contribution in [3.8, 4) is 0 Å². The van der Waals surface area contributed by atoms with Crippen molar-refractivity contribution >= 4 is 11.8 Å². The van der Waals surface area contributed by atoms with Crippen LogP contribution >= 0.6 is 0 Å². The number of nitrogens with two attached hydrogens (primary N) is 2. The number of hydrogen-bond donors (Lipinski definition) is 2. The van der Waals surface area contributed by atoms with E-state index in [4.69, 9.17) is 11.5 Å². The van der Waals surface area contributed by atoms with Crippen molar-refractivity contribution < 1.29 is 9.59 Å². The van der Waals surface area contributed by atoms with Crippen molar-refractivity contribution in [2.45, 2.75) is 110 Å². The quantitative estimate of drug-likeness (QED) is 0.0478. The van der Waals surface area contributed by atoms with E-state index in [-0.39, 0.29) is 11.8 Å². The van der Waals surface area contributed by atoms with Gasteiger partial charge in [0, 0.05) is 11.5 Å². The molecule has 0 fully saturated rings. The normalized spacial score (nSPS) is 14.3. The van der Waals surface area contributed by atoms with Crippen LogP contribution in [0.4, 0.5) is 0 Å². The lowest BCUT2D eigenvalue weighted by atomic mass is 9.96. The molecule has 4 heteroatoms. The summed E-state index contributed by atoms with van der Waals surface area (Å²) in [6, 6.07) is 0. The third kappa shape index (κ3) is 31.8. The van der Waals surface area contributed by atoms with Crippen LogP contribution in [0.3, 0.4) is 0 Å². The van der Waals surface area contributed by atoms with Crippen molar-refractivity contribution in [1.82, 2.24) is 0 Å². The molecule has 0 aromatic rings. The number of hydrogen-bond acceptors (Lipinski definition) is 2. The number of primary amides is 2. The minimum atomic E-state index is -0.487. The Morgan fingerprint density at radius 3 is 1.33 bits per heavy atom. The molecule has 1 atom stereocenters. The average molecular weight is 653 g/mol. The highest BCUT2D eigenvalue weighted by Crippen LogP contribution is 2.17. The summed E-state index contributed by atoms with van der Waals surface area (Å²) in [4.78, 5) is 23.6. The maximum Gasteiger partial charge on any atom is 0.248 e. The van der Waals surface area contributed by atoms with Crippen molar-refractivity contribution in [3.05, 3.63) is 145 Å². The number of carbonyl (C=O) groups excluding carboxylic acids is 2. The van der Waals surface area contributed by atoms with Gasteiger partial charge in [0.1, 0.15) is 0 Å². The zero-order valence-electron chi connectivity index (χ0n) is 29.9. The van der Waals surface area contributed by atoms with Crippen LogP contribution in [0.25, 0.3) is 0 Å². The molecule has 0 aromatic heterocycles. The highest BCUT2D eigenvalue weighted by molar-refractivity contribution is 5.95. The average Bonchev–Trinajstić information content (AvgIpc) is 3.07. The first-order chi connectivity index (χ1) is 23.5. The van der Waals surface area contributed by atoms with Crippen LogP contribution in [0.15, 0.2) is 145 Å². The molecule has 0 spiro atoms. The number of amides is 2. The molecule has 0 heterocycles. The zero-order valence-corrected chi connectivity index (χ0v) is 29.9. The van der Waals surface area contributed by atoms with E-state index >= 15 is 0 Å². The van der Waals surface area contributed by atoms with Gasteiger partial charge in [-0.15, -0.1) is 0 Å². The molecule has 0 aliphatic carbocycles. The number of allylic oxidation sites excluding steroid dienone is 22. The molecule has 262 valence electrons. The minimum absolute atomic E-state index is 0.0883. The maximum atomic E-state index is 11.9. The van der Waals surface area contributed by atoms with Crippen LogP contribution in [-0.2, 0) is 9.59 Å². The summed E-state index contributed by atoms with van der Waals surface area (Å²) >= 11 is 0.